The molecule has 438 valence electrons. The number of piperidine rings is 1. The van der Waals surface area contributed by atoms with Crippen LogP contribution in [0.3, 0.4) is 0 Å². The molecule has 14 heteroatoms. The number of ketones is 2. The molecule has 14 nitrogen and oxygen atoms in total. The van der Waals surface area contributed by atoms with Crippen molar-refractivity contribution < 1.29 is 45.0 Å². The summed E-state index contributed by atoms with van der Waals surface area (Å²) in [6, 6.07) is 20.2. The molecule has 2 aliphatic heterocycles. The number of ether oxygens (including phenoxy) is 1. The molecule has 6 aliphatic carbocycles. The van der Waals surface area contributed by atoms with E-state index in [2.05, 4.69) is 89.2 Å². The van der Waals surface area contributed by atoms with Crippen molar-refractivity contribution in [3.05, 3.63) is 118 Å². The minimum atomic E-state index is -1.47. The van der Waals surface area contributed by atoms with Gasteiger partial charge in [0.1, 0.15) is 11.2 Å². The Hall–Kier alpha value is -5.50. The summed E-state index contributed by atoms with van der Waals surface area (Å²) >= 11 is 0. The van der Waals surface area contributed by atoms with Gasteiger partial charge in [-0.3, -0.25) is 9.59 Å². The number of aromatic amines is 1. The summed E-state index contributed by atoms with van der Waals surface area (Å²) in [5.74, 6) is 7.99. The third-order valence-corrected chi connectivity index (χ3v) is 22.1. The van der Waals surface area contributed by atoms with Crippen molar-refractivity contribution in [2.75, 3.05) is 26.7 Å². The number of hydrogen-bond donors (Lipinski definition) is 11. The van der Waals surface area contributed by atoms with Crippen LogP contribution < -0.4 is 26.4 Å². The number of aryl methyl sites for hydroxylation is 1. The smallest absolute Gasteiger partial charge is 0.160 e. The van der Waals surface area contributed by atoms with Crippen molar-refractivity contribution >= 4 is 22.3 Å². The number of aromatic hydroxyl groups is 1. The first-order valence-corrected chi connectivity index (χ1v) is 31.0. The van der Waals surface area contributed by atoms with Crippen molar-refractivity contribution in [1.82, 2.24) is 20.9 Å². The number of aliphatic hydroxyl groups excluding tert-OH is 4. The number of Topliss-reactive ketones (excluding diaryl/α,β-unsaturated/α-hetero) is 2. The van der Waals surface area contributed by atoms with E-state index < -0.39 is 35.9 Å². The molecule has 12 N–H and O–H groups in total. The summed E-state index contributed by atoms with van der Waals surface area (Å²) in [7, 11) is 1.49. The van der Waals surface area contributed by atoms with Crippen LogP contribution >= 0.6 is 0 Å². The number of aromatic nitrogens is 1. The lowest BCUT2D eigenvalue weighted by molar-refractivity contribution is -0.142. The first-order valence-electron chi connectivity index (χ1n) is 31.0. The molecule has 0 radical (unpaired) electrons. The van der Waals surface area contributed by atoms with Gasteiger partial charge in [-0.1, -0.05) is 74.1 Å². The summed E-state index contributed by atoms with van der Waals surface area (Å²) < 4.78 is 5.61. The molecule has 12 rings (SSSR count). The molecular formula is C68H87N5O9. The minimum Gasteiger partial charge on any atom is -0.504 e. The molecule has 0 amide bonds. The highest BCUT2D eigenvalue weighted by Crippen LogP contribution is 2.66. The van der Waals surface area contributed by atoms with E-state index >= 15 is 4.79 Å². The van der Waals surface area contributed by atoms with Crippen LogP contribution in [0, 0.1) is 58.7 Å². The molecule has 4 aromatic rings. The maximum absolute atomic E-state index is 15.2. The number of carbonyl (C=O) groups is 2. The number of hydrogen-bond acceptors (Lipinski definition) is 13. The number of aliphatic hydroxyl groups is 5. The molecule has 82 heavy (non-hydrogen) atoms. The van der Waals surface area contributed by atoms with E-state index in [1.807, 2.05) is 18.2 Å². The molecule has 4 saturated carbocycles. The highest BCUT2D eigenvalue weighted by Gasteiger charge is 2.63. The van der Waals surface area contributed by atoms with Gasteiger partial charge in [-0.05, 0) is 206 Å². The van der Waals surface area contributed by atoms with Gasteiger partial charge < -0.3 is 62.0 Å². The van der Waals surface area contributed by atoms with Gasteiger partial charge in [-0.25, -0.2) is 0 Å². The van der Waals surface area contributed by atoms with Gasteiger partial charge in [0, 0.05) is 67.0 Å². The van der Waals surface area contributed by atoms with E-state index in [4.69, 9.17) is 10.5 Å². The van der Waals surface area contributed by atoms with Crippen LogP contribution in [0.25, 0.3) is 10.8 Å². The SMILES string of the molecule is CCC1=C([C@H](C[C@H](O)[C@H](O)C[C@H]2C#C[C@@]3(CC[C@H]([C@H]4[C@H](CCC(O)O)[C@@H]5CN[C@@H]6CC(=O)C[C@@H]7c8cc[nH]c8[C@@H]([C@@H]4CNC4(C)CCCC4)[C@@H]5[C@@H]76)C[C@H]3O)C(=O)CCc3cc(OC)c(O)cc32)c2ccc3ccccc3c2)C=C(N)NC1. The van der Waals surface area contributed by atoms with E-state index in [1.165, 1.54) is 36.8 Å². The van der Waals surface area contributed by atoms with Crippen LogP contribution in [-0.2, 0) is 16.0 Å². The Bertz CT molecular complexity index is 3170. The average molecular weight is 1120 g/mol. The summed E-state index contributed by atoms with van der Waals surface area (Å²) in [4.78, 5) is 32.4. The highest BCUT2D eigenvalue weighted by molar-refractivity contribution is 5.89. The highest BCUT2D eigenvalue weighted by atomic mass is 16.5. The average Bonchev–Trinajstić information content (AvgIpc) is 2.15. The molecule has 1 spiro atoms. The molecule has 8 aliphatic rings. The lowest BCUT2D eigenvalue weighted by atomic mass is 9.43. The molecule has 0 unspecified atom stereocenters. The number of phenolic OH excluding ortho intramolecular Hbond substituents is 1. The van der Waals surface area contributed by atoms with Gasteiger partial charge in [0.15, 0.2) is 23.6 Å². The van der Waals surface area contributed by atoms with Crippen LogP contribution in [-0.4, -0.2) is 110 Å². The van der Waals surface area contributed by atoms with Gasteiger partial charge in [-0.15, -0.1) is 0 Å². The molecule has 0 bridgehead atoms. The Morgan fingerprint density at radius 2 is 1.72 bits per heavy atom. The summed E-state index contributed by atoms with van der Waals surface area (Å²) in [5.41, 5.74) is 12.1. The van der Waals surface area contributed by atoms with Gasteiger partial charge in [-0.2, -0.15) is 0 Å². The summed E-state index contributed by atoms with van der Waals surface area (Å²) in [6.45, 7) is 6.54. The Kier molecular flexibility index (Phi) is 16.1. The number of carbonyl (C=O) groups excluding carboxylic acids is 2. The molecule has 3 heterocycles. The number of nitrogens with one attached hydrogen (secondary N) is 4. The van der Waals surface area contributed by atoms with Gasteiger partial charge in [0.2, 0.25) is 0 Å². The lowest BCUT2D eigenvalue weighted by Gasteiger charge is -2.64. The maximum atomic E-state index is 15.2. The van der Waals surface area contributed by atoms with Crippen LogP contribution in [0.1, 0.15) is 162 Å². The second kappa shape index (κ2) is 23.2. The number of benzene rings is 3. The monoisotopic (exact) mass is 1120 g/mol. The molecule has 3 aromatic carbocycles. The maximum Gasteiger partial charge on any atom is 0.160 e. The lowest BCUT2D eigenvalue weighted by Crippen LogP contribution is -2.66. The van der Waals surface area contributed by atoms with Crippen LogP contribution in [0.5, 0.6) is 11.5 Å². The largest absolute Gasteiger partial charge is 0.504 e. The number of methoxy groups -OCH3 is 1. The van der Waals surface area contributed by atoms with Crippen molar-refractivity contribution in [1.29, 1.82) is 0 Å². The van der Waals surface area contributed by atoms with Crippen molar-refractivity contribution in [2.24, 2.45) is 52.6 Å². The van der Waals surface area contributed by atoms with Crippen molar-refractivity contribution in [3.8, 4) is 23.3 Å². The molecule has 16 atom stereocenters. The zero-order valence-electron chi connectivity index (χ0n) is 48.1. The fraction of sp³-hybridized carbons (Fsp3) is 0.588. The number of phenols is 1. The Morgan fingerprint density at radius 1 is 0.915 bits per heavy atom. The second-order valence-corrected chi connectivity index (χ2v) is 26.5. The number of H-pyrrole nitrogens is 1. The van der Waals surface area contributed by atoms with Crippen molar-refractivity contribution in [3.63, 3.8) is 0 Å². The first kappa shape index (κ1) is 57.0. The normalized spacial score (nSPS) is 33.2. The molecular weight excluding hydrogens is 1030 g/mol. The zero-order chi connectivity index (χ0) is 57.2. The zero-order valence-corrected chi connectivity index (χ0v) is 48.1. The predicted molar refractivity (Wildman–Crippen MR) is 315 cm³/mol. The predicted octanol–water partition coefficient (Wildman–Crippen LogP) is 7.97. The molecule has 1 aromatic heterocycles. The number of allylic oxidation sites excluding steroid dienone is 2. The number of fused-ring (bicyclic) bond motifs is 5. The van der Waals surface area contributed by atoms with Crippen LogP contribution in [0.15, 0.2) is 89.9 Å². The van der Waals surface area contributed by atoms with E-state index in [-0.39, 0.29) is 120 Å². The second-order valence-electron chi connectivity index (χ2n) is 26.5. The quantitative estimate of drug-likeness (QED) is 0.0377. The molecule has 1 saturated heterocycles. The number of nitrogens with two attached hydrogens (primary N) is 1. The number of rotatable bonds is 16. The Morgan fingerprint density at radius 3 is 2.49 bits per heavy atom. The van der Waals surface area contributed by atoms with E-state index in [1.54, 1.807) is 12.1 Å². The molecule has 5 fully saturated rings. The van der Waals surface area contributed by atoms with E-state index in [0.29, 0.717) is 62.2 Å². The Balaban J connectivity index is 0.883. The standard InChI is InChI=1S/C68H87N5O9/c1-4-37-34-72-60(69)33-49(37)48(40-12-11-38-9-5-6-10-39(38)25-40)32-55(76)54(75)26-42-17-22-68(58(78)15-13-41-27-57(82-3)56(77)31-47(41)42)23-18-43(28-59(68)79)62-45(14-16-61(80)81)51-35-71-53-30-44(74)29-50-46-19-24-70-66(46)65(64(51)63(50)53)52(62)36-73-67(2)20-7-8-21-67/h5-6,9-12,19,24-25,27,31,33,42-43,45,48,50-55,59,61-65,70-73,75-77,79-81H,4,7-8,13-16,18,20-21,23,26,28-30,32,34-36,69H2,1-3H3/t42-,43+,45-,48-,50-,51+,52-,53-,54-,55+,59-,62+,63+,64+,65+,68-/m1/s1. The summed E-state index contributed by atoms with van der Waals surface area (Å²) in [6.07, 6.45) is 8.00. The fourth-order valence-corrected chi connectivity index (χ4v) is 18.1. The van der Waals surface area contributed by atoms with E-state index in [9.17, 15) is 35.4 Å². The fourth-order valence-electron chi connectivity index (χ4n) is 18.1. The Labute approximate surface area is 483 Å². The van der Waals surface area contributed by atoms with Gasteiger partial charge in [0.05, 0.1) is 31.2 Å². The van der Waals surface area contributed by atoms with Crippen molar-refractivity contribution in [2.45, 2.75) is 176 Å². The van der Waals surface area contributed by atoms with Crippen LogP contribution in [0.4, 0.5) is 0 Å². The summed E-state index contributed by atoms with van der Waals surface area (Å²) in [5, 5.41) is 83.9. The minimum absolute atomic E-state index is 0.00991. The first-order chi connectivity index (χ1) is 39.6. The third-order valence-electron chi connectivity index (χ3n) is 22.1. The van der Waals surface area contributed by atoms with E-state index in [0.717, 1.165) is 59.8 Å². The number of dihydropyridines is 1. The van der Waals surface area contributed by atoms with Gasteiger partial charge >= 0.3 is 0 Å². The topological polar surface area (TPSA) is 243 Å². The van der Waals surface area contributed by atoms with Crippen LogP contribution in [0.2, 0.25) is 0 Å². The van der Waals surface area contributed by atoms with Gasteiger partial charge in [0.25, 0.3) is 0 Å². The third kappa shape index (κ3) is 10.5.